The third kappa shape index (κ3) is 4.96. The molecule has 1 aromatic heterocycles. The Labute approximate surface area is 185 Å². The number of carbonyl (C=O) groups excluding carboxylic acids is 1. The van der Waals surface area contributed by atoms with Crippen molar-refractivity contribution in [2.24, 2.45) is 0 Å². The summed E-state index contributed by atoms with van der Waals surface area (Å²) < 4.78 is 26.4. The van der Waals surface area contributed by atoms with Gasteiger partial charge >= 0.3 is 0 Å². The Morgan fingerprint density at radius 3 is 2.19 bits per heavy atom. The average Bonchev–Trinajstić information content (AvgIpc) is 2.82. The van der Waals surface area contributed by atoms with Crippen molar-refractivity contribution in [1.29, 1.82) is 0 Å². The Balaban J connectivity index is 1.88. The summed E-state index contributed by atoms with van der Waals surface area (Å²) in [5.41, 5.74) is 3.87. The quantitative estimate of drug-likeness (QED) is 0.270. The van der Waals surface area contributed by atoms with Crippen molar-refractivity contribution < 1.29 is 23.5 Å². The summed E-state index contributed by atoms with van der Waals surface area (Å²) in [7, 11) is -4.11. The molecule has 3 aromatic rings. The fourth-order valence-electron chi connectivity index (χ4n) is 3.01. The van der Waals surface area contributed by atoms with Gasteiger partial charge in [-0.15, -0.1) is 11.8 Å². The summed E-state index contributed by atoms with van der Waals surface area (Å²) >= 11 is 0.737. The number of benzene rings is 2. The third-order valence-corrected chi connectivity index (χ3v) is 8.75. The van der Waals surface area contributed by atoms with E-state index in [0.717, 1.165) is 28.5 Å². The maximum absolute atomic E-state index is 13.2. The molecule has 31 heavy (non-hydrogen) atoms. The number of amides is 1. The van der Waals surface area contributed by atoms with Crippen LogP contribution in [0.15, 0.2) is 84.0 Å². The van der Waals surface area contributed by atoms with Crippen LogP contribution in [0.2, 0.25) is 0 Å². The number of pyridine rings is 1. The van der Waals surface area contributed by atoms with Gasteiger partial charge in [0, 0.05) is 18.1 Å². The molecule has 0 saturated carbocycles. The van der Waals surface area contributed by atoms with Crippen molar-refractivity contribution in [2.45, 2.75) is 27.8 Å². The third-order valence-electron chi connectivity index (χ3n) is 4.94. The van der Waals surface area contributed by atoms with Crippen molar-refractivity contribution in [3.05, 3.63) is 84.7 Å². The highest BCUT2D eigenvalue weighted by molar-refractivity contribution is 8.02. The summed E-state index contributed by atoms with van der Waals surface area (Å²) in [5.74, 6) is -1.02. The lowest BCUT2D eigenvalue weighted by atomic mass is 10.1. The van der Waals surface area contributed by atoms with Crippen molar-refractivity contribution in [3.63, 3.8) is 0 Å². The van der Waals surface area contributed by atoms with Gasteiger partial charge in [-0.25, -0.2) is 13.9 Å². The maximum atomic E-state index is 13.2. The van der Waals surface area contributed by atoms with Gasteiger partial charge in [0.25, 0.3) is 5.91 Å². The zero-order valence-corrected chi connectivity index (χ0v) is 18.3. The van der Waals surface area contributed by atoms with Crippen LogP contribution in [0.5, 0.6) is 0 Å². The molecule has 1 amide bonds. The molecule has 0 spiro atoms. The zero-order valence-electron chi connectivity index (χ0n) is 16.7. The highest BCUT2D eigenvalue weighted by Crippen LogP contribution is 2.36. The van der Waals surface area contributed by atoms with Gasteiger partial charge < -0.3 is 5.11 Å². The normalized spacial score (nSPS) is 14.4. The minimum atomic E-state index is -4.11. The number of nitrogens with one attached hydrogen (secondary N) is 1. The number of sulfone groups is 1. The van der Waals surface area contributed by atoms with E-state index in [1.165, 1.54) is 24.5 Å². The number of carbonyl (C=O) groups is 1. The SMILES string of the molecule is CC(C(O)(SCc1ccccc1)C(=O)NO)S(=O)(=O)c1ccc(-c2ccncc2)cc1. The minimum absolute atomic E-state index is 0.0396. The van der Waals surface area contributed by atoms with E-state index >= 15 is 0 Å². The number of aliphatic hydroxyl groups is 1. The second kappa shape index (κ2) is 9.61. The van der Waals surface area contributed by atoms with Crippen molar-refractivity contribution in [1.82, 2.24) is 10.5 Å². The molecule has 1 heterocycles. The van der Waals surface area contributed by atoms with E-state index in [0.29, 0.717) is 0 Å². The highest BCUT2D eigenvalue weighted by Gasteiger charge is 2.49. The highest BCUT2D eigenvalue weighted by atomic mass is 32.2. The molecule has 3 rings (SSSR count). The topological polar surface area (TPSA) is 117 Å². The van der Waals surface area contributed by atoms with Gasteiger partial charge in [-0.2, -0.15) is 0 Å². The number of hydroxylamine groups is 1. The molecule has 0 aliphatic carbocycles. The van der Waals surface area contributed by atoms with Crippen molar-refractivity contribution in [2.75, 3.05) is 0 Å². The Morgan fingerprint density at radius 1 is 1.03 bits per heavy atom. The lowest BCUT2D eigenvalue weighted by molar-refractivity contribution is -0.140. The first-order valence-electron chi connectivity index (χ1n) is 9.38. The van der Waals surface area contributed by atoms with Crippen LogP contribution >= 0.6 is 11.8 Å². The first-order chi connectivity index (χ1) is 14.8. The van der Waals surface area contributed by atoms with Gasteiger partial charge in [0.05, 0.1) is 4.90 Å². The van der Waals surface area contributed by atoms with E-state index in [2.05, 4.69) is 4.98 Å². The summed E-state index contributed by atoms with van der Waals surface area (Å²) in [6.07, 6.45) is 3.28. The molecule has 2 unspecified atom stereocenters. The van der Waals surface area contributed by atoms with E-state index in [4.69, 9.17) is 5.21 Å². The van der Waals surface area contributed by atoms with E-state index in [1.807, 2.05) is 6.07 Å². The first kappa shape index (κ1) is 23.0. The summed E-state index contributed by atoms with van der Waals surface area (Å²) in [4.78, 5) is 13.8. The second-order valence-corrected chi connectivity index (χ2v) is 10.3. The number of hydrogen-bond donors (Lipinski definition) is 3. The second-order valence-electron chi connectivity index (χ2n) is 6.86. The number of rotatable bonds is 8. The molecular formula is C22H22N2O5S2. The van der Waals surface area contributed by atoms with Crippen LogP contribution in [0.3, 0.4) is 0 Å². The summed E-state index contributed by atoms with van der Waals surface area (Å²) in [6, 6.07) is 18.8. The monoisotopic (exact) mass is 458 g/mol. The predicted octanol–water partition coefficient (Wildman–Crippen LogP) is 3.04. The Hall–Kier alpha value is -2.72. The molecule has 2 atom stereocenters. The van der Waals surface area contributed by atoms with Crippen LogP contribution in [0.4, 0.5) is 0 Å². The molecule has 0 aliphatic heterocycles. The number of aromatic nitrogens is 1. The van der Waals surface area contributed by atoms with Gasteiger partial charge in [0.15, 0.2) is 9.84 Å². The van der Waals surface area contributed by atoms with E-state index < -0.39 is 25.9 Å². The molecule has 0 radical (unpaired) electrons. The molecule has 0 aliphatic rings. The summed E-state index contributed by atoms with van der Waals surface area (Å²) in [5, 5.41) is 18.7. The maximum Gasteiger partial charge on any atom is 0.287 e. The van der Waals surface area contributed by atoms with Gasteiger partial charge in [-0.3, -0.25) is 15.0 Å². The zero-order chi connectivity index (χ0) is 22.5. The Bertz CT molecular complexity index is 1120. The molecule has 162 valence electrons. The average molecular weight is 459 g/mol. The van der Waals surface area contributed by atoms with E-state index in [-0.39, 0.29) is 10.6 Å². The number of thioether (sulfide) groups is 1. The Morgan fingerprint density at radius 2 is 1.61 bits per heavy atom. The van der Waals surface area contributed by atoms with Gasteiger partial charge in [0.2, 0.25) is 4.93 Å². The lowest BCUT2D eigenvalue weighted by Gasteiger charge is -2.31. The lowest BCUT2D eigenvalue weighted by Crippen LogP contribution is -2.53. The van der Waals surface area contributed by atoms with Crippen molar-refractivity contribution in [3.8, 4) is 11.1 Å². The first-order valence-corrected chi connectivity index (χ1v) is 11.9. The minimum Gasteiger partial charge on any atom is -0.370 e. The molecule has 7 nitrogen and oxygen atoms in total. The summed E-state index contributed by atoms with van der Waals surface area (Å²) in [6.45, 7) is 1.25. The molecule has 0 bridgehead atoms. The van der Waals surface area contributed by atoms with Crippen molar-refractivity contribution >= 4 is 27.5 Å². The molecule has 3 N–H and O–H groups in total. The van der Waals surface area contributed by atoms with Crippen LogP contribution in [0, 0.1) is 0 Å². The predicted molar refractivity (Wildman–Crippen MR) is 119 cm³/mol. The Kier molecular flexibility index (Phi) is 7.11. The fraction of sp³-hybridized carbons (Fsp3) is 0.182. The van der Waals surface area contributed by atoms with Gasteiger partial charge in [-0.1, -0.05) is 42.5 Å². The van der Waals surface area contributed by atoms with Crippen LogP contribution in [-0.2, 0) is 20.4 Å². The molecular weight excluding hydrogens is 436 g/mol. The fourth-order valence-corrected chi connectivity index (χ4v) is 6.04. The van der Waals surface area contributed by atoms with Crippen LogP contribution in [-0.4, -0.2) is 39.8 Å². The molecule has 2 aromatic carbocycles. The number of nitrogens with zero attached hydrogens (tertiary/aromatic N) is 1. The smallest absolute Gasteiger partial charge is 0.287 e. The van der Waals surface area contributed by atoms with Crippen LogP contribution in [0.1, 0.15) is 12.5 Å². The number of hydrogen-bond acceptors (Lipinski definition) is 7. The van der Waals surface area contributed by atoms with Crippen LogP contribution < -0.4 is 5.48 Å². The van der Waals surface area contributed by atoms with Crippen LogP contribution in [0.25, 0.3) is 11.1 Å². The largest absolute Gasteiger partial charge is 0.370 e. The van der Waals surface area contributed by atoms with Gasteiger partial charge in [0.1, 0.15) is 5.25 Å². The molecule has 0 fully saturated rings. The van der Waals surface area contributed by atoms with E-state index in [1.54, 1.807) is 60.9 Å². The molecule has 9 heteroatoms. The molecule has 0 saturated heterocycles. The van der Waals surface area contributed by atoms with E-state index in [9.17, 15) is 18.3 Å². The van der Waals surface area contributed by atoms with Gasteiger partial charge in [-0.05, 0) is 47.9 Å². The standard InChI is InChI=1S/C22H22N2O5S2/c1-16(22(26,21(25)24-27)30-15-17-5-3-2-4-6-17)31(28,29)20-9-7-18(8-10-20)19-11-13-23-14-12-19/h2-14,16,26-27H,15H2,1H3,(H,24,25).